The van der Waals surface area contributed by atoms with E-state index < -0.39 is 0 Å². The minimum absolute atomic E-state index is 0.0343. The van der Waals surface area contributed by atoms with Crippen LogP contribution in [0, 0.1) is 5.92 Å². The number of carbonyl (C=O) groups excluding carboxylic acids is 2. The zero-order valence-corrected chi connectivity index (χ0v) is 22.7. The Morgan fingerprint density at radius 3 is 2.62 bits per heavy atom. The van der Waals surface area contributed by atoms with Crippen LogP contribution in [0.25, 0.3) is 0 Å². The number of hydrogen-bond acceptors (Lipinski definition) is 6. The van der Waals surface area contributed by atoms with E-state index in [9.17, 15) is 9.59 Å². The molecule has 0 N–H and O–H groups in total. The molecule has 3 aliphatic rings. The number of ether oxygens (including phenoxy) is 2. The van der Waals surface area contributed by atoms with E-state index in [0.29, 0.717) is 5.56 Å². The topological polar surface area (TPSA) is 72.0 Å². The van der Waals surface area contributed by atoms with E-state index in [-0.39, 0.29) is 17.6 Å². The van der Waals surface area contributed by atoms with Gasteiger partial charge in [0.1, 0.15) is 17.3 Å². The van der Waals surface area contributed by atoms with E-state index in [0.717, 1.165) is 110 Å². The summed E-state index contributed by atoms with van der Waals surface area (Å²) in [5.41, 5.74) is 5.90. The van der Waals surface area contributed by atoms with Crippen LogP contribution in [0.4, 0.5) is 11.5 Å². The molecule has 0 spiro atoms. The first kappa shape index (κ1) is 25.4. The fourth-order valence-corrected chi connectivity index (χ4v) is 6.29. The van der Waals surface area contributed by atoms with Crippen molar-refractivity contribution in [2.24, 2.45) is 5.92 Å². The number of carbonyl (C=O) groups is 2. The molecule has 202 valence electrons. The van der Waals surface area contributed by atoms with E-state index >= 15 is 0 Å². The lowest BCUT2D eigenvalue weighted by molar-refractivity contribution is 0.0792. The fraction of sp³-hybridized carbons (Fsp3) is 0.406. The lowest BCUT2D eigenvalue weighted by Gasteiger charge is -2.31. The number of benzene rings is 2. The van der Waals surface area contributed by atoms with Gasteiger partial charge in [0, 0.05) is 49.1 Å². The van der Waals surface area contributed by atoms with Crippen molar-refractivity contribution in [2.75, 3.05) is 38.8 Å². The Hall–Kier alpha value is -3.87. The summed E-state index contributed by atoms with van der Waals surface area (Å²) in [6, 6.07) is 14.1. The Labute approximate surface area is 229 Å². The number of aryl methyl sites for hydroxylation is 2. The second kappa shape index (κ2) is 10.7. The number of methoxy groups -OCH3 is 2. The molecule has 1 aromatic heterocycles. The number of Topliss-reactive ketones (excluding diaryl/α,β-unsaturated/α-hetero) is 1. The van der Waals surface area contributed by atoms with Crippen LogP contribution in [-0.4, -0.2) is 55.4 Å². The van der Waals surface area contributed by atoms with Crippen LogP contribution < -0.4 is 14.4 Å². The van der Waals surface area contributed by atoms with Gasteiger partial charge in [-0.05, 0) is 92.0 Å². The predicted molar refractivity (Wildman–Crippen MR) is 151 cm³/mol. The zero-order valence-electron chi connectivity index (χ0n) is 22.7. The van der Waals surface area contributed by atoms with Gasteiger partial charge in [-0.3, -0.25) is 9.59 Å². The second-order valence-electron chi connectivity index (χ2n) is 10.8. The van der Waals surface area contributed by atoms with Crippen LogP contribution in [0.2, 0.25) is 0 Å². The highest BCUT2D eigenvalue weighted by Crippen LogP contribution is 2.38. The molecule has 0 bridgehead atoms. The first-order chi connectivity index (χ1) is 19.1. The molecule has 1 amide bonds. The minimum atomic E-state index is -0.0343. The summed E-state index contributed by atoms with van der Waals surface area (Å²) in [6.07, 6.45) is 8.10. The van der Waals surface area contributed by atoms with Gasteiger partial charge in [-0.15, -0.1) is 0 Å². The maximum absolute atomic E-state index is 13.3. The molecule has 7 nitrogen and oxygen atoms in total. The number of likely N-dealkylation sites (tertiary alicyclic amines) is 1. The van der Waals surface area contributed by atoms with Gasteiger partial charge in [0.2, 0.25) is 0 Å². The van der Waals surface area contributed by atoms with Crippen molar-refractivity contribution in [3.8, 4) is 11.5 Å². The molecule has 1 atom stereocenters. The molecular formula is C32H35N3O4. The number of fused-ring (bicyclic) bond motifs is 2. The highest BCUT2D eigenvalue weighted by Gasteiger charge is 2.32. The van der Waals surface area contributed by atoms with Crippen molar-refractivity contribution in [3.63, 3.8) is 0 Å². The largest absolute Gasteiger partial charge is 0.497 e. The van der Waals surface area contributed by atoms with Crippen molar-refractivity contribution < 1.29 is 19.1 Å². The average molecular weight is 526 g/mol. The molecule has 1 saturated heterocycles. The quantitative estimate of drug-likeness (QED) is 0.411. The van der Waals surface area contributed by atoms with Crippen molar-refractivity contribution >= 4 is 23.2 Å². The summed E-state index contributed by atoms with van der Waals surface area (Å²) in [6.45, 7) is 2.54. The van der Waals surface area contributed by atoms with E-state index in [1.807, 2.05) is 41.3 Å². The fourth-order valence-electron chi connectivity index (χ4n) is 6.29. The molecule has 7 heteroatoms. The zero-order chi connectivity index (χ0) is 26.9. The van der Waals surface area contributed by atoms with Gasteiger partial charge in [-0.25, -0.2) is 4.98 Å². The number of pyridine rings is 1. The van der Waals surface area contributed by atoms with Gasteiger partial charge in [0.25, 0.3) is 5.91 Å². The van der Waals surface area contributed by atoms with Crippen molar-refractivity contribution in [2.45, 2.75) is 44.9 Å². The van der Waals surface area contributed by atoms with Crippen molar-refractivity contribution in [1.82, 2.24) is 9.88 Å². The highest BCUT2D eigenvalue weighted by atomic mass is 16.5. The molecule has 1 aliphatic carbocycles. The molecular weight excluding hydrogens is 490 g/mol. The molecule has 0 radical (unpaired) electrons. The molecule has 2 aromatic carbocycles. The number of hydrogen-bond donors (Lipinski definition) is 0. The van der Waals surface area contributed by atoms with Crippen molar-refractivity contribution in [3.05, 3.63) is 76.5 Å². The molecule has 0 saturated carbocycles. The summed E-state index contributed by atoms with van der Waals surface area (Å²) in [5, 5.41) is 0. The summed E-state index contributed by atoms with van der Waals surface area (Å²) in [4.78, 5) is 35.1. The summed E-state index contributed by atoms with van der Waals surface area (Å²) in [5.74, 6) is 2.76. The SMILES string of the molecule is COc1ccc(CCC2Cc3cc(N4CCCc5cc(C(=O)N6CCCC6)cnc54)ccc3C2=O)c(OC)c1. The molecule has 1 fully saturated rings. The van der Waals surface area contributed by atoms with E-state index in [2.05, 4.69) is 11.0 Å². The molecule has 2 aliphatic heterocycles. The van der Waals surface area contributed by atoms with Crippen LogP contribution >= 0.6 is 0 Å². The number of amides is 1. The Morgan fingerprint density at radius 1 is 0.974 bits per heavy atom. The van der Waals surface area contributed by atoms with Crippen LogP contribution in [0.5, 0.6) is 11.5 Å². The standard InChI is InChI=1S/C32H35N3O4/c1-38-27-11-9-21(29(19-27)39-2)7-8-22-16-24-18-26(10-12-28(24)30(22)36)35-15-5-6-23-17-25(20-33-31(23)35)32(37)34-13-3-4-14-34/h9-12,17-20,22H,3-8,13-16H2,1-2H3. The Kier molecular flexibility index (Phi) is 6.98. The van der Waals surface area contributed by atoms with Crippen LogP contribution in [0.15, 0.2) is 48.7 Å². The first-order valence-corrected chi connectivity index (χ1v) is 14.0. The molecule has 1 unspecified atom stereocenters. The van der Waals surface area contributed by atoms with Gasteiger partial charge >= 0.3 is 0 Å². The molecule has 39 heavy (non-hydrogen) atoms. The van der Waals surface area contributed by atoms with Gasteiger partial charge in [-0.2, -0.15) is 0 Å². The first-order valence-electron chi connectivity index (χ1n) is 14.0. The Balaban J connectivity index is 1.18. The Bertz CT molecular complexity index is 1410. The van der Waals surface area contributed by atoms with E-state index in [1.165, 1.54) is 0 Å². The number of anilines is 2. The third kappa shape index (κ3) is 4.86. The Morgan fingerprint density at radius 2 is 1.82 bits per heavy atom. The summed E-state index contributed by atoms with van der Waals surface area (Å²) >= 11 is 0. The van der Waals surface area contributed by atoms with Gasteiger partial charge in [0.05, 0.1) is 19.8 Å². The normalized spacial score (nSPS) is 18.2. The van der Waals surface area contributed by atoms with E-state index in [4.69, 9.17) is 14.5 Å². The average Bonchev–Trinajstić information content (AvgIpc) is 3.63. The van der Waals surface area contributed by atoms with Gasteiger partial charge < -0.3 is 19.3 Å². The summed E-state index contributed by atoms with van der Waals surface area (Å²) < 4.78 is 10.9. The number of ketones is 1. The number of nitrogens with zero attached hydrogens (tertiary/aromatic N) is 3. The molecule has 3 aromatic rings. The van der Waals surface area contributed by atoms with Gasteiger partial charge in [0.15, 0.2) is 5.78 Å². The lowest BCUT2D eigenvalue weighted by atomic mass is 9.95. The molecule has 3 heterocycles. The number of rotatable bonds is 7. The third-order valence-electron chi connectivity index (χ3n) is 8.43. The minimum Gasteiger partial charge on any atom is -0.497 e. The maximum atomic E-state index is 13.3. The number of aromatic nitrogens is 1. The maximum Gasteiger partial charge on any atom is 0.255 e. The van der Waals surface area contributed by atoms with Crippen LogP contribution in [0.3, 0.4) is 0 Å². The second-order valence-corrected chi connectivity index (χ2v) is 10.8. The van der Waals surface area contributed by atoms with Crippen molar-refractivity contribution in [1.29, 1.82) is 0 Å². The smallest absolute Gasteiger partial charge is 0.255 e. The monoisotopic (exact) mass is 525 g/mol. The van der Waals surface area contributed by atoms with Crippen LogP contribution in [0.1, 0.15) is 63.1 Å². The third-order valence-corrected chi connectivity index (χ3v) is 8.43. The van der Waals surface area contributed by atoms with E-state index in [1.54, 1.807) is 20.4 Å². The highest BCUT2D eigenvalue weighted by molar-refractivity contribution is 6.02. The molecule has 6 rings (SSSR count). The van der Waals surface area contributed by atoms with Crippen LogP contribution in [-0.2, 0) is 19.3 Å². The lowest BCUT2D eigenvalue weighted by Crippen LogP contribution is -2.29. The summed E-state index contributed by atoms with van der Waals surface area (Å²) in [7, 11) is 3.31. The predicted octanol–water partition coefficient (Wildman–Crippen LogP) is 5.41. The van der Waals surface area contributed by atoms with Gasteiger partial charge in [-0.1, -0.05) is 6.07 Å².